The maximum absolute atomic E-state index is 10.6. The van der Waals surface area contributed by atoms with Gasteiger partial charge in [-0.25, -0.2) is 0 Å². The Morgan fingerprint density at radius 2 is 1.87 bits per heavy atom. The Bertz CT molecular complexity index is 354. The zero-order valence-corrected chi connectivity index (χ0v) is 10.7. The normalized spacial score (nSPS) is 20.2. The molecule has 1 aliphatic rings. The van der Waals surface area contributed by atoms with Gasteiger partial charge < -0.3 is 5.11 Å². The van der Waals surface area contributed by atoms with Gasteiger partial charge in [0, 0.05) is 4.47 Å². The summed E-state index contributed by atoms with van der Waals surface area (Å²) in [5.41, 5.74) is 1.68. The molecule has 1 aromatic carbocycles. The Kier molecular flexibility index (Phi) is 3.17. The van der Waals surface area contributed by atoms with Gasteiger partial charge in [0.05, 0.1) is 5.60 Å². The molecule has 1 N–H and O–H groups in total. The van der Waals surface area contributed by atoms with Crippen molar-refractivity contribution in [1.29, 1.82) is 0 Å². The first-order chi connectivity index (χ1) is 7.13. The van der Waals surface area contributed by atoms with Crippen molar-refractivity contribution < 1.29 is 5.11 Å². The SMILES string of the molecule is Cc1cccc(C2(O)CCCCC2)c1Br. The van der Waals surface area contributed by atoms with E-state index in [1.54, 1.807) is 0 Å². The molecular weight excluding hydrogens is 252 g/mol. The molecule has 0 saturated heterocycles. The zero-order valence-electron chi connectivity index (χ0n) is 9.09. The van der Waals surface area contributed by atoms with Crippen LogP contribution in [0.1, 0.15) is 43.2 Å². The highest BCUT2D eigenvalue weighted by Gasteiger charge is 2.32. The molecule has 0 unspecified atom stereocenters. The minimum Gasteiger partial charge on any atom is -0.385 e. The van der Waals surface area contributed by atoms with Crippen molar-refractivity contribution in [2.75, 3.05) is 0 Å². The van der Waals surface area contributed by atoms with Gasteiger partial charge in [0.25, 0.3) is 0 Å². The fraction of sp³-hybridized carbons (Fsp3) is 0.538. The van der Waals surface area contributed by atoms with Crippen LogP contribution < -0.4 is 0 Å². The van der Waals surface area contributed by atoms with Crippen molar-refractivity contribution in [2.24, 2.45) is 0 Å². The molecule has 15 heavy (non-hydrogen) atoms. The topological polar surface area (TPSA) is 20.2 Å². The van der Waals surface area contributed by atoms with Crippen LogP contribution in [-0.4, -0.2) is 5.11 Å². The molecule has 2 rings (SSSR count). The second kappa shape index (κ2) is 4.26. The summed E-state index contributed by atoms with van der Waals surface area (Å²) in [6, 6.07) is 6.14. The lowest BCUT2D eigenvalue weighted by atomic mass is 9.79. The van der Waals surface area contributed by atoms with E-state index in [1.165, 1.54) is 12.0 Å². The van der Waals surface area contributed by atoms with E-state index in [4.69, 9.17) is 0 Å². The molecule has 2 heteroatoms. The van der Waals surface area contributed by atoms with Gasteiger partial charge in [-0.15, -0.1) is 0 Å². The van der Waals surface area contributed by atoms with Gasteiger partial charge in [-0.3, -0.25) is 0 Å². The summed E-state index contributed by atoms with van der Waals surface area (Å²) in [6.07, 6.45) is 5.32. The first-order valence-corrected chi connectivity index (χ1v) is 6.41. The van der Waals surface area contributed by atoms with Crippen LogP contribution >= 0.6 is 15.9 Å². The number of hydrogen-bond acceptors (Lipinski definition) is 1. The summed E-state index contributed by atoms with van der Waals surface area (Å²) in [5, 5.41) is 10.6. The van der Waals surface area contributed by atoms with E-state index in [0.29, 0.717) is 0 Å². The highest BCUT2D eigenvalue weighted by molar-refractivity contribution is 9.10. The summed E-state index contributed by atoms with van der Waals surface area (Å²) >= 11 is 3.59. The van der Waals surface area contributed by atoms with Gasteiger partial charge in [0.15, 0.2) is 0 Å². The average Bonchev–Trinajstić information content (AvgIpc) is 2.23. The molecule has 0 spiro atoms. The largest absolute Gasteiger partial charge is 0.385 e. The van der Waals surface area contributed by atoms with E-state index in [9.17, 15) is 5.11 Å². The van der Waals surface area contributed by atoms with Crippen LogP contribution in [0.4, 0.5) is 0 Å². The summed E-state index contributed by atoms with van der Waals surface area (Å²) < 4.78 is 1.08. The Balaban J connectivity index is 2.39. The second-order valence-corrected chi connectivity index (χ2v) is 5.32. The van der Waals surface area contributed by atoms with Crippen molar-refractivity contribution in [3.63, 3.8) is 0 Å². The smallest absolute Gasteiger partial charge is 0.0907 e. The summed E-state index contributed by atoms with van der Waals surface area (Å²) in [5.74, 6) is 0. The number of halogens is 1. The number of hydrogen-bond donors (Lipinski definition) is 1. The molecule has 1 nitrogen and oxygen atoms in total. The van der Waals surface area contributed by atoms with Gasteiger partial charge in [-0.05, 0) is 30.9 Å². The molecule has 0 aromatic heterocycles. The number of aliphatic hydroxyl groups is 1. The quantitative estimate of drug-likeness (QED) is 0.819. The Labute approximate surface area is 99.6 Å². The van der Waals surface area contributed by atoms with E-state index in [-0.39, 0.29) is 0 Å². The molecule has 0 heterocycles. The van der Waals surface area contributed by atoms with Gasteiger partial charge in [-0.2, -0.15) is 0 Å². The average molecular weight is 269 g/mol. The predicted octanol–water partition coefficient (Wildman–Crippen LogP) is 3.91. The second-order valence-electron chi connectivity index (χ2n) is 4.53. The first-order valence-electron chi connectivity index (χ1n) is 5.61. The zero-order chi connectivity index (χ0) is 10.9. The third kappa shape index (κ3) is 2.11. The summed E-state index contributed by atoms with van der Waals surface area (Å²) in [6.45, 7) is 2.07. The van der Waals surface area contributed by atoms with Crippen molar-refractivity contribution in [2.45, 2.75) is 44.6 Å². The van der Waals surface area contributed by atoms with Crippen molar-refractivity contribution in [3.05, 3.63) is 33.8 Å². The Morgan fingerprint density at radius 3 is 2.53 bits per heavy atom. The van der Waals surface area contributed by atoms with Crippen LogP contribution in [0.15, 0.2) is 22.7 Å². The lowest BCUT2D eigenvalue weighted by molar-refractivity contribution is -0.00134. The molecule has 0 atom stereocenters. The van der Waals surface area contributed by atoms with Gasteiger partial charge in [0.1, 0.15) is 0 Å². The van der Waals surface area contributed by atoms with Gasteiger partial charge >= 0.3 is 0 Å². The van der Waals surface area contributed by atoms with Crippen LogP contribution in [-0.2, 0) is 5.60 Å². The molecule has 1 aliphatic carbocycles. The number of rotatable bonds is 1. The molecule has 0 radical (unpaired) electrons. The van der Waals surface area contributed by atoms with Gasteiger partial charge in [0.2, 0.25) is 0 Å². The van der Waals surface area contributed by atoms with E-state index in [0.717, 1.165) is 35.7 Å². The first kappa shape index (κ1) is 11.2. The number of benzene rings is 1. The Hall–Kier alpha value is -0.340. The number of aryl methyl sites for hydroxylation is 1. The highest BCUT2D eigenvalue weighted by Crippen LogP contribution is 2.40. The van der Waals surface area contributed by atoms with Crippen LogP contribution in [0, 0.1) is 6.92 Å². The van der Waals surface area contributed by atoms with Crippen molar-refractivity contribution in [1.82, 2.24) is 0 Å². The van der Waals surface area contributed by atoms with Crippen molar-refractivity contribution >= 4 is 15.9 Å². The molecule has 0 aliphatic heterocycles. The lowest BCUT2D eigenvalue weighted by Crippen LogP contribution is -2.28. The van der Waals surface area contributed by atoms with Crippen molar-refractivity contribution in [3.8, 4) is 0 Å². The third-order valence-electron chi connectivity index (χ3n) is 3.37. The maximum Gasteiger partial charge on any atom is 0.0907 e. The highest BCUT2D eigenvalue weighted by atomic mass is 79.9. The van der Waals surface area contributed by atoms with E-state index in [2.05, 4.69) is 28.9 Å². The van der Waals surface area contributed by atoms with Gasteiger partial charge in [-0.1, -0.05) is 53.4 Å². The Morgan fingerprint density at radius 1 is 1.20 bits per heavy atom. The minimum atomic E-state index is -0.594. The van der Waals surface area contributed by atoms with E-state index >= 15 is 0 Å². The van der Waals surface area contributed by atoms with E-state index < -0.39 is 5.60 Å². The standard InChI is InChI=1S/C13H17BrO/c1-10-6-5-7-11(12(10)14)13(15)8-3-2-4-9-13/h5-7,15H,2-4,8-9H2,1H3. The van der Waals surface area contributed by atoms with Crippen LogP contribution in [0.5, 0.6) is 0 Å². The molecular formula is C13H17BrO. The summed E-state index contributed by atoms with van der Waals surface area (Å²) in [7, 11) is 0. The molecule has 82 valence electrons. The monoisotopic (exact) mass is 268 g/mol. The summed E-state index contributed by atoms with van der Waals surface area (Å²) in [4.78, 5) is 0. The van der Waals surface area contributed by atoms with Crippen LogP contribution in [0.3, 0.4) is 0 Å². The van der Waals surface area contributed by atoms with Crippen LogP contribution in [0.25, 0.3) is 0 Å². The maximum atomic E-state index is 10.6. The fourth-order valence-electron chi connectivity index (χ4n) is 2.41. The third-order valence-corrected chi connectivity index (χ3v) is 4.43. The molecule has 0 bridgehead atoms. The molecule has 1 saturated carbocycles. The molecule has 1 aromatic rings. The molecule has 0 amide bonds. The minimum absolute atomic E-state index is 0.594. The van der Waals surface area contributed by atoms with Crippen LogP contribution in [0.2, 0.25) is 0 Å². The predicted molar refractivity (Wildman–Crippen MR) is 65.9 cm³/mol. The van der Waals surface area contributed by atoms with E-state index in [1.807, 2.05) is 12.1 Å². The lowest BCUT2D eigenvalue weighted by Gasteiger charge is -2.33. The fourth-order valence-corrected chi connectivity index (χ4v) is 3.05. The molecule has 1 fully saturated rings.